The lowest BCUT2D eigenvalue weighted by molar-refractivity contribution is 0.410. The number of ether oxygens (including phenoxy) is 1. The summed E-state index contributed by atoms with van der Waals surface area (Å²) in [5, 5.41) is 0.708. The average Bonchev–Trinajstić information content (AvgIpc) is 2.90. The van der Waals surface area contributed by atoms with Gasteiger partial charge >= 0.3 is 0 Å². The van der Waals surface area contributed by atoms with E-state index in [0.717, 1.165) is 16.9 Å². The SMILES string of the molecule is COc1cc(C(N)c2cc3cc(F)ccc3o2)ccc1C. The topological polar surface area (TPSA) is 48.4 Å². The van der Waals surface area contributed by atoms with Crippen LogP contribution < -0.4 is 10.5 Å². The van der Waals surface area contributed by atoms with Gasteiger partial charge in [-0.25, -0.2) is 4.39 Å². The van der Waals surface area contributed by atoms with Gasteiger partial charge < -0.3 is 14.9 Å². The van der Waals surface area contributed by atoms with Gasteiger partial charge in [-0.05, 0) is 48.4 Å². The molecule has 0 bridgehead atoms. The van der Waals surface area contributed by atoms with Crippen molar-refractivity contribution in [2.45, 2.75) is 13.0 Å². The zero-order valence-corrected chi connectivity index (χ0v) is 11.9. The molecule has 2 aromatic carbocycles. The van der Waals surface area contributed by atoms with Crippen LogP contribution in [-0.4, -0.2) is 7.11 Å². The molecule has 1 unspecified atom stereocenters. The molecule has 1 aromatic heterocycles. The van der Waals surface area contributed by atoms with E-state index >= 15 is 0 Å². The second kappa shape index (κ2) is 5.22. The summed E-state index contributed by atoms with van der Waals surface area (Å²) in [7, 11) is 1.63. The van der Waals surface area contributed by atoms with Gasteiger partial charge in [-0.15, -0.1) is 0 Å². The van der Waals surface area contributed by atoms with Gasteiger partial charge in [0.1, 0.15) is 22.9 Å². The van der Waals surface area contributed by atoms with E-state index in [0.29, 0.717) is 16.7 Å². The number of benzene rings is 2. The van der Waals surface area contributed by atoms with Crippen molar-refractivity contribution in [3.05, 3.63) is 65.2 Å². The maximum atomic E-state index is 13.2. The lowest BCUT2D eigenvalue weighted by Gasteiger charge is -2.12. The van der Waals surface area contributed by atoms with Gasteiger partial charge in [-0.3, -0.25) is 0 Å². The predicted molar refractivity (Wildman–Crippen MR) is 79.9 cm³/mol. The van der Waals surface area contributed by atoms with Crippen LogP contribution in [0.1, 0.15) is 22.9 Å². The molecule has 4 heteroatoms. The van der Waals surface area contributed by atoms with Crippen molar-refractivity contribution in [3.8, 4) is 5.75 Å². The zero-order chi connectivity index (χ0) is 15.0. The molecular weight excluding hydrogens is 269 g/mol. The van der Waals surface area contributed by atoms with Crippen molar-refractivity contribution >= 4 is 11.0 Å². The average molecular weight is 285 g/mol. The molecule has 108 valence electrons. The van der Waals surface area contributed by atoms with Gasteiger partial charge in [0.2, 0.25) is 0 Å². The standard InChI is InChI=1S/C17H16FNO2/c1-10-3-4-11(8-15(10)20-2)17(19)16-9-12-7-13(18)5-6-14(12)21-16/h3-9,17H,19H2,1-2H3. The van der Waals surface area contributed by atoms with E-state index in [1.165, 1.54) is 12.1 Å². The van der Waals surface area contributed by atoms with Gasteiger partial charge in [-0.1, -0.05) is 12.1 Å². The van der Waals surface area contributed by atoms with Gasteiger partial charge in [-0.2, -0.15) is 0 Å². The van der Waals surface area contributed by atoms with Crippen molar-refractivity contribution in [1.29, 1.82) is 0 Å². The fourth-order valence-electron chi connectivity index (χ4n) is 2.38. The second-order valence-corrected chi connectivity index (χ2v) is 5.04. The first-order valence-corrected chi connectivity index (χ1v) is 6.67. The molecule has 1 atom stereocenters. The Hall–Kier alpha value is -2.33. The summed E-state index contributed by atoms with van der Waals surface area (Å²) >= 11 is 0. The predicted octanol–water partition coefficient (Wildman–Crippen LogP) is 3.94. The van der Waals surface area contributed by atoms with E-state index < -0.39 is 6.04 Å². The summed E-state index contributed by atoms with van der Waals surface area (Å²) in [6, 6.07) is 11.6. The number of fused-ring (bicyclic) bond motifs is 1. The largest absolute Gasteiger partial charge is 0.496 e. The third-order valence-electron chi connectivity index (χ3n) is 3.60. The first kappa shape index (κ1) is 13.6. The number of nitrogens with two attached hydrogens (primary N) is 1. The third kappa shape index (κ3) is 2.50. The van der Waals surface area contributed by atoms with Gasteiger partial charge in [0.25, 0.3) is 0 Å². The van der Waals surface area contributed by atoms with E-state index in [9.17, 15) is 4.39 Å². The molecule has 0 saturated carbocycles. The molecule has 3 rings (SSSR count). The highest BCUT2D eigenvalue weighted by molar-refractivity contribution is 5.78. The molecule has 3 nitrogen and oxygen atoms in total. The lowest BCUT2D eigenvalue weighted by Crippen LogP contribution is -2.11. The maximum absolute atomic E-state index is 13.2. The number of rotatable bonds is 3. The normalized spacial score (nSPS) is 12.6. The molecule has 2 N–H and O–H groups in total. The Labute approximate surface area is 122 Å². The van der Waals surface area contributed by atoms with Gasteiger partial charge in [0, 0.05) is 5.39 Å². The number of hydrogen-bond donors (Lipinski definition) is 1. The Balaban J connectivity index is 2.01. The molecule has 3 aromatic rings. The van der Waals surface area contributed by atoms with Crippen molar-refractivity contribution in [1.82, 2.24) is 0 Å². The zero-order valence-electron chi connectivity index (χ0n) is 11.9. The Morgan fingerprint density at radius 1 is 1.14 bits per heavy atom. The minimum Gasteiger partial charge on any atom is -0.496 e. The van der Waals surface area contributed by atoms with Crippen molar-refractivity contribution in [2.75, 3.05) is 7.11 Å². The fraction of sp³-hybridized carbons (Fsp3) is 0.176. The van der Waals surface area contributed by atoms with Crippen LogP contribution in [0.4, 0.5) is 4.39 Å². The molecule has 0 fully saturated rings. The summed E-state index contributed by atoms with van der Waals surface area (Å²) in [6.45, 7) is 1.97. The minimum absolute atomic E-state index is 0.291. The molecule has 1 heterocycles. The molecule has 0 aliphatic rings. The Morgan fingerprint density at radius 2 is 1.95 bits per heavy atom. The van der Waals surface area contributed by atoms with Crippen LogP contribution in [0, 0.1) is 12.7 Å². The number of halogens is 1. The Kier molecular flexibility index (Phi) is 3.39. The summed E-state index contributed by atoms with van der Waals surface area (Å²) in [5.74, 6) is 1.09. The third-order valence-corrected chi connectivity index (χ3v) is 3.60. The fourth-order valence-corrected chi connectivity index (χ4v) is 2.38. The summed E-state index contributed by atoms with van der Waals surface area (Å²) in [5.41, 5.74) is 8.80. The van der Waals surface area contributed by atoms with Crippen LogP contribution in [0.15, 0.2) is 46.9 Å². The molecule has 0 spiro atoms. The highest BCUT2D eigenvalue weighted by Gasteiger charge is 2.16. The number of furan rings is 1. The quantitative estimate of drug-likeness (QED) is 0.793. The smallest absolute Gasteiger partial charge is 0.134 e. The maximum Gasteiger partial charge on any atom is 0.134 e. The second-order valence-electron chi connectivity index (χ2n) is 5.04. The van der Waals surface area contributed by atoms with Crippen molar-refractivity contribution in [3.63, 3.8) is 0 Å². The molecule has 0 aliphatic carbocycles. The Bertz CT molecular complexity index is 795. The Morgan fingerprint density at radius 3 is 2.71 bits per heavy atom. The summed E-state index contributed by atoms with van der Waals surface area (Å²) in [4.78, 5) is 0. The van der Waals surface area contributed by atoms with E-state index in [1.807, 2.05) is 25.1 Å². The first-order chi connectivity index (χ1) is 10.1. The van der Waals surface area contributed by atoms with Crippen LogP contribution in [-0.2, 0) is 0 Å². The van der Waals surface area contributed by atoms with E-state index in [2.05, 4.69) is 0 Å². The number of aryl methyl sites for hydroxylation is 1. The van der Waals surface area contributed by atoms with Crippen LogP contribution in [0.3, 0.4) is 0 Å². The van der Waals surface area contributed by atoms with E-state index in [-0.39, 0.29) is 5.82 Å². The summed E-state index contributed by atoms with van der Waals surface area (Å²) in [6.07, 6.45) is 0. The van der Waals surface area contributed by atoms with Crippen LogP contribution >= 0.6 is 0 Å². The molecule has 0 amide bonds. The minimum atomic E-state index is -0.421. The van der Waals surface area contributed by atoms with E-state index in [1.54, 1.807) is 19.2 Å². The molecular formula is C17H16FNO2. The van der Waals surface area contributed by atoms with E-state index in [4.69, 9.17) is 14.9 Å². The molecule has 0 aliphatic heterocycles. The van der Waals surface area contributed by atoms with Gasteiger partial charge in [0.05, 0.1) is 13.2 Å². The van der Waals surface area contributed by atoms with Crippen LogP contribution in [0.5, 0.6) is 5.75 Å². The highest BCUT2D eigenvalue weighted by Crippen LogP contribution is 2.29. The molecule has 0 saturated heterocycles. The number of methoxy groups -OCH3 is 1. The molecule has 0 radical (unpaired) electrons. The monoisotopic (exact) mass is 285 g/mol. The van der Waals surface area contributed by atoms with Crippen molar-refractivity contribution < 1.29 is 13.5 Å². The highest BCUT2D eigenvalue weighted by atomic mass is 19.1. The first-order valence-electron chi connectivity index (χ1n) is 6.67. The van der Waals surface area contributed by atoms with Crippen LogP contribution in [0.25, 0.3) is 11.0 Å². The van der Waals surface area contributed by atoms with Gasteiger partial charge in [0.15, 0.2) is 0 Å². The van der Waals surface area contributed by atoms with Crippen LogP contribution in [0.2, 0.25) is 0 Å². The number of hydrogen-bond acceptors (Lipinski definition) is 3. The molecule has 21 heavy (non-hydrogen) atoms. The summed E-state index contributed by atoms with van der Waals surface area (Å²) < 4.78 is 24.2. The van der Waals surface area contributed by atoms with Crippen molar-refractivity contribution in [2.24, 2.45) is 5.73 Å². The lowest BCUT2D eigenvalue weighted by atomic mass is 10.0.